The molecule has 5 rings (SSSR count). The Kier molecular flexibility index (Phi) is 3.22. The summed E-state index contributed by atoms with van der Waals surface area (Å²) in [7, 11) is 0. The third-order valence-corrected chi connectivity index (χ3v) is 5.27. The van der Waals surface area contributed by atoms with Crippen molar-refractivity contribution in [1.82, 2.24) is 0 Å². The first-order valence-electron chi connectivity index (χ1n) is 8.31. The van der Waals surface area contributed by atoms with Crippen LogP contribution in [-0.4, -0.2) is 0 Å². The molecule has 0 atom stereocenters. The van der Waals surface area contributed by atoms with Crippen molar-refractivity contribution >= 4 is 48.6 Å². The lowest BCUT2D eigenvalue weighted by atomic mass is 9.96. The van der Waals surface area contributed by atoms with Crippen molar-refractivity contribution in [2.45, 2.75) is 6.92 Å². The van der Waals surface area contributed by atoms with Gasteiger partial charge in [-0.3, -0.25) is 0 Å². The molecule has 25 heavy (non-hydrogen) atoms. The molecule has 0 fully saturated rings. The summed E-state index contributed by atoms with van der Waals surface area (Å²) in [6, 6.07) is 25.7. The van der Waals surface area contributed by atoms with Crippen molar-refractivity contribution < 1.29 is 4.42 Å². The van der Waals surface area contributed by atoms with E-state index in [1.54, 1.807) is 0 Å². The molecule has 0 N–H and O–H groups in total. The summed E-state index contributed by atoms with van der Waals surface area (Å²) in [5.74, 6) is 0. The van der Waals surface area contributed by atoms with Gasteiger partial charge < -0.3 is 4.42 Å². The molecule has 1 aromatic heterocycles. The van der Waals surface area contributed by atoms with Gasteiger partial charge in [-0.05, 0) is 64.7 Å². The molecule has 0 bridgehead atoms. The van der Waals surface area contributed by atoms with E-state index >= 15 is 0 Å². The van der Waals surface area contributed by atoms with Gasteiger partial charge in [0.1, 0.15) is 11.2 Å². The van der Waals surface area contributed by atoms with E-state index in [4.69, 9.17) is 4.42 Å². The summed E-state index contributed by atoms with van der Waals surface area (Å²) in [5.41, 5.74) is 5.51. The molecular weight excluding hydrogens is 372 g/mol. The predicted octanol–water partition coefficient (Wildman–Crippen LogP) is 7.48. The standard InChI is InChI=1S/C23H15BrO/c1-14-10-19(15-6-8-18(24)9-7-15)23-20-12-16-4-2-3-5-17(16)13-21(20)25-22(23)11-14/h2-13H,1H3. The highest BCUT2D eigenvalue weighted by Crippen LogP contribution is 2.39. The van der Waals surface area contributed by atoms with E-state index in [9.17, 15) is 0 Å². The smallest absolute Gasteiger partial charge is 0.136 e. The molecule has 0 unspecified atom stereocenters. The van der Waals surface area contributed by atoms with Gasteiger partial charge in [-0.25, -0.2) is 0 Å². The van der Waals surface area contributed by atoms with Gasteiger partial charge in [-0.1, -0.05) is 58.4 Å². The van der Waals surface area contributed by atoms with Crippen LogP contribution in [0.15, 0.2) is 81.7 Å². The maximum Gasteiger partial charge on any atom is 0.136 e. The minimum Gasteiger partial charge on any atom is -0.456 e. The van der Waals surface area contributed by atoms with Crippen LogP contribution in [0.25, 0.3) is 43.8 Å². The summed E-state index contributed by atoms with van der Waals surface area (Å²) in [6.45, 7) is 2.12. The predicted molar refractivity (Wildman–Crippen MR) is 109 cm³/mol. The van der Waals surface area contributed by atoms with E-state index in [2.05, 4.69) is 95.7 Å². The summed E-state index contributed by atoms with van der Waals surface area (Å²) >= 11 is 3.52. The van der Waals surface area contributed by atoms with Gasteiger partial charge in [0.15, 0.2) is 0 Å². The normalized spacial score (nSPS) is 11.6. The molecule has 0 radical (unpaired) electrons. The molecule has 0 aliphatic heterocycles. The lowest BCUT2D eigenvalue weighted by Crippen LogP contribution is -1.82. The van der Waals surface area contributed by atoms with Crippen molar-refractivity contribution in [2.75, 3.05) is 0 Å². The van der Waals surface area contributed by atoms with E-state index in [0.717, 1.165) is 15.6 Å². The lowest BCUT2D eigenvalue weighted by Gasteiger charge is -2.06. The SMILES string of the molecule is Cc1cc(-c2ccc(Br)cc2)c2c(c1)oc1cc3ccccc3cc12. The minimum absolute atomic E-state index is 0.942. The van der Waals surface area contributed by atoms with Crippen molar-refractivity contribution in [1.29, 1.82) is 0 Å². The van der Waals surface area contributed by atoms with E-state index in [0.29, 0.717) is 0 Å². The van der Waals surface area contributed by atoms with Crippen molar-refractivity contribution in [3.05, 3.63) is 82.8 Å². The van der Waals surface area contributed by atoms with Crippen molar-refractivity contribution in [2.24, 2.45) is 0 Å². The molecule has 0 aliphatic rings. The van der Waals surface area contributed by atoms with Gasteiger partial charge in [0.05, 0.1) is 0 Å². The van der Waals surface area contributed by atoms with Crippen LogP contribution in [0.3, 0.4) is 0 Å². The molecule has 5 aromatic rings. The van der Waals surface area contributed by atoms with Crippen molar-refractivity contribution in [3.8, 4) is 11.1 Å². The summed E-state index contributed by atoms with van der Waals surface area (Å²) < 4.78 is 7.30. The number of benzene rings is 4. The molecule has 1 nitrogen and oxygen atoms in total. The van der Waals surface area contributed by atoms with Crippen LogP contribution in [0, 0.1) is 6.92 Å². The Hall–Kier alpha value is -2.58. The highest BCUT2D eigenvalue weighted by atomic mass is 79.9. The zero-order chi connectivity index (χ0) is 17.0. The zero-order valence-corrected chi connectivity index (χ0v) is 15.3. The molecule has 120 valence electrons. The second-order valence-corrected chi connectivity index (χ2v) is 7.41. The molecule has 0 aliphatic carbocycles. The highest BCUT2D eigenvalue weighted by molar-refractivity contribution is 9.10. The number of halogens is 1. The monoisotopic (exact) mass is 386 g/mol. The van der Waals surface area contributed by atoms with E-state index in [1.807, 2.05) is 0 Å². The molecule has 4 aromatic carbocycles. The maximum absolute atomic E-state index is 6.22. The van der Waals surface area contributed by atoms with Crippen LogP contribution in [0.1, 0.15) is 5.56 Å². The Balaban J connectivity index is 1.93. The fraction of sp³-hybridized carbons (Fsp3) is 0.0435. The first-order valence-corrected chi connectivity index (χ1v) is 9.10. The third kappa shape index (κ3) is 2.37. The van der Waals surface area contributed by atoms with E-state index < -0.39 is 0 Å². The maximum atomic E-state index is 6.22. The molecule has 0 saturated carbocycles. The average Bonchev–Trinajstić information content (AvgIpc) is 2.96. The first kappa shape index (κ1) is 14.7. The van der Waals surface area contributed by atoms with Crippen LogP contribution in [-0.2, 0) is 0 Å². The number of aryl methyl sites for hydroxylation is 1. The summed E-state index contributed by atoms with van der Waals surface area (Å²) in [4.78, 5) is 0. The lowest BCUT2D eigenvalue weighted by molar-refractivity contribution is 0.669. The van der Waals surface area contributed by atoms with Crippen LogP contribution in [0.2, 0.25) is 0 Å². The van der Waals surface area contributed by atoms with Gasteiger partial charge in [-0.15, -0.1) is 0 Å². The van der Waals surface area contributed by atoms with Gasteiger partial charge >= 0.3 is 0 Å². The largest absolute Gasteiger partial charge is 0.456 e. The zero-order valence-electron chi connectivity index (χ0n) is 13.7. The quantitative estimate of drug-likeness (QED) is 0.291. The van der Waals surface area contributed by atoms with E-state index in [-0.39, 0.29) is 0 Å². The first-order chi connectivity index (χ1) is 12.2. The number of hydrogen-bond acceptors (Lipinski definition) is 1. The van der Waals surface area contributed by atoms with Gasteiger partial charge in [0, 0.05) is 15.2 Å². The minimum atomic E-state index is 0.942. The van der Waals surface area contributed by atoms with Crippen LogP contribution < -0.4 is 0 Å². The Labute approximate surface area is 154 Å². The summed E-state index contributed by atoms with van der Waals surface area (Å²) in [5, 5.41) is 4.80. The molecule has 0 saturated heterocycles. The molecular formula is C23H15BrO. The fourth-order valence-corrected chi connectivity index (χ4v) is 3.85. The second kappa shape index (κ2) is 5.47. The Morgan fingerprint density at radius 3 is 2.24 bits per heavy atom. The Morgan fingerprint density at radius 2 is 1.48 bits per heavy atom. The summed E-state index contributed by atoms with van der Waals surface area (Å²) in [6.07, 6.45) is 0. The molecule has 0 spiro atoms. The molecule has 1 heterocycles. The van der Waals surface area contributed by atoms with Crippen LogP contribution in [0.5, 0.6) is 0 Å². The van der Waals surface area contributed by atoms with Gasteiger partial charge in [-0.2, -0.15) is 0 Å². The number of rotatable bonds is 1. The highest BCUT2D eigenvalue weighted by Gasteiger charge is 2.14. The topological polar surface area (TPSA) is 13.1 Å². The Morgan fingerprint density at radius 1 is 0.760 bits per heavy atom. The third-order valence-electron chi connectivity index (χ3n) is 4.74. The molecule has 2 heteroatoms. The fourth-order valence-electron chi connectivity index (χ4n) is 3.59. The van der Waals surface area contributed by atoms with Gasteiger partial charge in [0.2, 0.25) is 0 Å². The second-order valence-electron chi connectivity index (χ2n) is 6.49. The van der Waals surface area contributed by atoms with Crippen LogP contribution >= 0.6 is 15.9 Å². The molecule has 0 amide bonds. The number of fused-ring (bicyclic) bond motifs is 4. The average molecular weight is 387 g/mol. The number of furan rings is 1. The van der Waals surface area contributed by atoms with E-state index in [1.165, 1.54) is 38.2 Å². The Bertz CT molecular complexity index is 1250. The van der Waals surface area contributed by atoms with Gasteiger partial charge in [0.25, 0.3) is 0 Å². The van der Waals surface area contributed by atoms with Crippen LogP contribution in [0.4, 0.5) is 0 Å². The number of hydrogen-bond donors (Lipinski definition) is 0. The van der Waals surface area contributed by atoms with Crippen molar-refractivity contribution in [3.63, 3.8) is 0 Å².